The Morgan fingerprint density at radius 3 is 2.53 bits per heavy atom. The number of benzene rings is 2. The average molecular weight is 275 g/mol. The first-order chi connectivity index (χ1) is 9.00. The number of aryl methyl sites for hydroxylation is 1. The third-order valence-corrected chi connectivity index (χ3v) is 3.26. The van der Waals surface area contributed by atoms with Crippen LogP contribution in [-0.2, 0) is 0 Å². The summed E-state index contributed by atoms with van der Waals surface area (Å²) in [5, 5.41) is 0.521. The Balaban J connectivity index is 2.37. The first-order valence-electron chi connectivity index (χ1n) is 5.89. The number of amides is 1. The molecule has 2 aromatic carbocycles. The smallest absolute Gasteiger partial charge is 0.260 e. The molecule has 1 amide bonds. The lowest BCUT2D eigenvalue weighted by atomic mass is 10.1. The van der Waals surface area contributed by atoms with Crippen molar-refractivity contribution in [3.05, 3.63) is 58.6 Å². The third-order valence-electron chi connectivity index (χ3n) is 3.03. The highest BCUT2D eigenvalue weighted by atomic mass is 35.5. The first kappa shape index (κ1) is 13.4. The molecular formula is C15H15ClN2O. The van der Waals surface area contributed by atoms with E-state index in [4.69, 9.17) is 17.3 Å². The second kappa shape index (κ2) is 5.33. The van der Waals surface area contributed by atoms with Gasteiger partial charge in [-0.3, -0.25) is 4.79 Å². The molecule has 19 heavy (non-hydrogen) atoms. The van der Waals surface area contributed by atoms with Crippen LogP contribution in [0.25, 0.3) is 0 Å². The Bertz CT molecular complexity index is 625. The molecule has 0 saturated heterocycles. The maximum Gasteiger partial charge on any atom is 0.260 e. The minimum atomic E-state index is -0.150. The Morgan fingerprint density at radius 1 is 1.21 bits per heavy atom. The van der Waals surface area contributed by atoms with E-state index in [1.54, 1.807) is 30.1 Å². The average Bonchev–Trinajstić information content (AvgIpc) is 2.38. The van der Waals surface area contributed by atoms with Gasteiger partial charge in [0.25, 0.3) is 5.91 Å². The van der Waals surface area contributed by atoms with Gasteiger partial charge in [0.1, 0.15) is 0 Å². The Kier molecular flexibility index (Phi) is 3.76. The number of rotatable bonds is 2. The van der Waals surface area contributed by atoms with E-state index >= 15 is 0 Å². The minimum Gasteiger partial charge on any atom is -0.398 e. The molecule has 98 valence electrons. The van der Waals surface area contributed by atoms with Crippen molar-refractivity contribution in [2.75, 3.05) is 17.7 Å². The fraction of sp³-hybridized carbons (Fsp3) is 0.133. The molecule has 0 spiro atoms. The third kappa shape index (κ3) is 2.71. The van der Waals surface area contributed by atoms with Crippen LogP contribution in [0.4, 0.5) is 11.4 Å². The van der Waals surface area contributed by atoms with Crippen LogP contribution in [0.15, 0.2) is 42.5 Å². The van der Waals surface area contributed by atoms with Crippen molar-refractivity contribution in [2.24, 2.45) is 0 Å². The highest BCUT2D eigenvalue weighted by molar-refractivity contribution is 6.31. The van der Waals surface area contributed by atoms with Gasteiger partial charge < -0.3 is 10.6 Å². The molecule has 0 fully saturated rings. The van der Waals surface area contributed by atoms with Gasteiger partial charge in [-0.25, -0.2) is 0 Å². The van der Waals surface area contributed by atoms with Crippen LogP contribution in [-0.4, -0.2) is 13.0 Å². The summed E-state index contributed by atoms with van der Waals surface area (Å²) in [6.45, 7) is 1.96. The van der Waals surface area contributed by atoms with Crippen LogP contribution in [0, 0.1) is 6.92 Å². The van der Waals surface area contributed by atoms with E-state index in [2.05, 4.69) is 0 Å². The summed E-state index contributed by atoms with van der Waals surface area (Å²) in [5.74, 6) is -0.150. The predicted molar refractivity (Wildman–Crippen MR) is 79.8 cm³/mol. The van der Waals surface area contributed by atoms with Crippen LogP contribution < -0.4 is 10.6 Å². The predicted octanol–water partition coefficient (Wildman–Crippen LogP) is 3.51. The minimum absolute atomic E-state index is 0.150. The van der Waals surface area contributed by atoms with Crippen LogP contribution in [0.5, 0.6) is 0 Å². The number of nitrogens with zero attached hydrogens (tertiary/aromatic N) is 1. The topological polar surface area (TPSA) is 46.3 Å². The fourth-order valence-corrected chi connectivity index (χ4v) is 2.14. The second-order valence-corrected chi connectivity index (χ2v) is 4.82. The van der Waals surface area contributed by atoms with Gasteiger partial charge in [-0.2, -0.15) is 0 Å². The van der Waals surface area contributed by atoms with Crippen molar-refractivity contribution in [3.8, 4) is 0 Å². The van der Waals surface area contributed by atoms with Crippen LogP contribution in [0.2, 0.25) is 5.02 Å². The molecule has 0 heterocycles. The number of halogens is 1. The molecule has 2 aromatic rings. The number of carbonyl (C=O) groups is 1. The Labute approximate surface area is 117 Å². The summed E-state index contributed by atoms with van der Waals surface area (Å²) in [4.78, 5) is 14.0. The van der Waals surface area contributed by atoms with E-state index in [1.807, 2.05) is 31.2 Å². The van der Waals surface area contributed by atoms with E-state index < -0.39 is 0 Å². The molecule has 0 aliphatic carbocycles. The summed E-state index contributed by atoms with van der Waals surface area (Å²) in [7, 11) is 1.73. The number of nitrogens with two attached hydrogens (primary N) is 1. The first-order valence-corrected chi connectivity index (χ1v) is 6.27. The standard InChI is InChI=1S/C15H15ClN2O/c1-10-5-3-4-6-14(10)18(2)15(19)12-8-7-11(16)9-13(12)17/h3-9H,17H2,1-2H3. The zero-order chi connectivity index (χ0) is 14.0. The molecule has 0 saturated carbocycles. The van der Waals surface area contributed by atoms with E-state index in [-0.39, 0.29) is 5.91 Å². The summed E-state index contributed by atoms with van der Waals surface area (Å²) in [5.41, 5.74) is 8.58. The molecule has 0 atom stereocenters. The largest absolute Gasteiger partial charge is 0.398 e. The normalized spacial score (nSPS) is 10.3. The molecular weight excluding hydrogens is 260 g/mol. The number of nitrogen functional groups attached to an aromatic ring is 1. The van der Waals surface area contributed by atoms with Crippen molar-refractivity contribution in [2.45, 2.75) is 6.92 Å². The van der Waals surface area contributed by atoms with Gasteiger partial charge in [0.2, 0.25) is 0 Å². The quantitative estimate of drug-likeness (QED) is 0.852. The number of anilines is 2. The van der Waals surface area contributed by atoms with Gasteiger partial charge in [-0.1, -0.05) is 29.8 Å². The summed E-state index contributed by atoms with van der Waals surface area (Å²) in [6, 6.07) is 12.6. The molecule has 4 heteroatoms. The summed E-state index contributed by atoms with van der Waals surface area (Å²) < 4.78 is 0. The SMILES string of the molecule is Cc1ccccc1N(C)C(=O)c1ccc(Cl)cc1N. The number of para-hydroxylation sites is 1. The summed E-state index contributed by atoms with van der Waals surface area (Å²) >= 11 is 5.84. The number of carbonyl (C=O) groups excluding carboxylic acids is 1. The van der Waals surface area contributed by atoms with Gasteiger partial charge >= 0.3 is 0 Å². The van der Waals surface area contributed by atoms with Crippen molar-refractivity contribution in [1.29, 1.82) is 0 Å². The molecule has 0 radical (unpaired) electrons. The maximum absolute atomic E-state index is 12.4. The lowest BCUT2D eigenvalue weighted by molar-refractivity contribution is 0.0993. The van der Waals surface area contributed by atoms with E-state index in [0.717, 1.165) is 11.3 Å². The highest BCUT2D eigenvalue weighted by Crippen LogP contribution is 2.23. The molecule has 3 nitrogen and oxygen atoms in total. The monoisotopic (exact) mass is 274 g/mol. The molecule has 2 N–H and O–H groups in total. The zero-order valence-corrected chi connectivity index (χ0v) is 11.6. The van der Waals surface area contributed by atoms with Gasteiger partial charge in [0, 0.05) is 23.4 Å². The Morgan fingerprint density at radius 2 is 1.89 bits per heavy atom. The number of hydrogen-bond acceptors (Lipinski definition) is 2. The molecule has 0 aromatic heterocycles. The van der Waals surface area contributed by atoms with Crippen LogP contribution >= 0.6 is 11.6 Å². The highest BCUT2D eigenvalue weighted by Gasteiger charge is 2.17. The van der Waals surface area contributed by atoms with Crippen LogP contribution in [0.1, 0.15) is 15.9 Å². The lowest BCUT2D eigenvalue weighted by Gasteiger charge is -2.20. The Hall–Kier alpha value is -2.00. The van der Waals surface area contributed by atoms with Crippen molar-refractivity contribution < 1.29 is 4.79 Å². The zero-order valence-electron chi connectivity index (χ0n) is 10.9. The molecule has 0 unspecified atom stereocenters. The molecule has 0 aliphatic rings. The molecule has 0 bridgehead atoms. The van der Waals surface area contributed by atoms with Crippen molar-refractivity contribution in [1.82, 2.24) is 0 Å². The van der Waals surface area contributed by atoms with Gasteiger partial charge in [-0.05, 0) is 36.8 Å². The van der Waals surface area contributed by atoms with E-state index in [1.165, 1.54) is 0 Å². The van der Waals surface area contributed by atoms with Gasteiger partial charge in [-0.15, -0.1) is 0 Å². The lowest BCUT2D eigenvalue weighted by Crippen LogP contribution is -2.27. The van der Waals surface area contributed by atoms with E-state index in [0.29, 0.717) is 16.3 Å². The van der Waals surface area contributed by atoms with Crippen LogP contribution in [0.3, 0.4) is 0 Å². The van der Waals surface area contributed by atoms with Crippen molar-refractivity contribution >= 4 is 28.9 Å². The molecule has 0 aliphatic heterocycles. The van der Waals surface area contributed by atoms with Crippen molar-refractivity contribution in [3.63, 3.8) is 0 Å². The summed E-state index contributed by atoms with van der Waals surface area (Å²) in [6.07, 6.45) is 0. The maximum atomic E-state index is 12.4. The van der Waals surface area contributed by atoms with Gasteiger partial charge in [0.05, 0.1) is 5.56 Å². The fourth-order valence-electron chi connectivity index (χ4n) is 1.96. The van der Waals surface area contributed by atoms with E-state index in [9.17, 15) is 4.79 Å². The second-order valence-electron chi connectivity index (χ2n) is 4.38. The number of hydrogen-bond donors (Lipinski definition) is 1. The molecule has 2 rings (SSSR count). The van der Waals surface area contributed by atoms with Gasteiger partial charge in [0.15, 0.2) is 0 Å².